The molecule has 4 rings (SSSR count). The van der Waals surface area contributed by atoms with E-state index in [0.29, 0.717) is 22.4 Å². The Hall–Kier alpha value is -2.99. The second kappa shape index (κ2) is 8.63. The molecule has 7 heteroatoms. The molecule has 1 amide bonds. The summed E-state index contributed by atoms with van der Waals surface area (Å²) < 4.78 is 12.9. The second-order valence-electron chi connectivity index (χ2n) is 7.87. The van der Waals surface area contributed by atoms with Crippen molar-refractivity contribution in [3.05, 3.63) is 64.3 Å². The first-order chi connectivity index (χ1) is 14.9. The molecule has 1 heterocycles. The van der Waals surface area contributed by atoms with Crippen LogP contribution in [0.2, 0.25) is 5.02 Å². The molecule has 1 atom stereocenters. The third-order valence-electron chi connectivity index (χ3n) is 5.63. The number of methoxy groups -OCH3 is 1. The number of benzene rings is 2. The number of ether oxygens (including phenoxy) is 2. The molecule has 1 unspecified atom stereocenters. The van der Waals surface area contributed by atoms with Crippen molar-refractivity contribution in [2.45, 2.75) is 38.8 Å². The minimum Gasteiger partial charge on any atom is -0.497 e. The molecule has 0 bridgehead atoms. The van der Waals surface area contributed by atoms with E-state index in [0.717, 1.165) is 35.0 Å². The summed E-state index contributed by atoms with van der Waals surface area (Å²) in [5.74, 6) is -0.217. The van der Waals surface area contributed by atoms with Crippen LogP contribution in [0, 0.1) is 6.92 Å². The number of amides is 1. The minimum absolute atomic E-state index is 0.257. The monoisotopic (exact) mass is 440 g/mol. The van der Waals surface area contributed by atoms with Gasteiger partial charge in [0.05, 0.1) is 18.7 Å². The summed E-state index contributed by atoms with van der Waals surface area (Å²) in [6.07, 6.45) is 2.18. The van der Waals surface area contributed by atoms with Crippen molar-refractivity contribution in [1.29, 1.82) is 0 Å². The lowest BCUT2D eigenvalue weighted by Gasteiger charge is -2.14. The van der Waals surface area contributed by atoms with E-state index in [-0.39, 0.29) is 18.6 Å². The number of carbonyl (C=O) groups is 2. The third kappa shape index (κ3) is 4.39. The number of aromatic nitrogens is 1. The highest BCUT2D eigenvalue weighted by Crippen LogP contribution is 2.42. The van der Waals surface area contributed by atoms with Crippen LogP contribution >= 0.6 is 11.6 Å². The van der Waals surface area contributed by atoms with Crippen LogP contribution in [-0.2, 0) is 9.53 Å². The Labute approximate surface area is 186 Å². The van der Waals surface area contributed by atoms with E-state index >= 15 is 0 Å². The van der Waals surface area contributed by atoms with Gasteiger partial charge in [-0.2, -0.15) is 0 Å². The summed E-state index contributed by atoms with van der Waals surface area (Å²) in [4.78, 5) is 25.3. The quantitative estimate of drug-likeness (QED) is 0.526. The zero-order valence-corrected chi connectivity index (χ0v) is 18.5. The van der Waals surface area contributed by atoms with Gasteiger partial charge in [-0.25, -0.2) is 4.79 Å². The summed E-state index contributed by atoms with van der Waals surface area (Å²) in [7, 11) is 1.59. The number of carbonyl (C=O) groups excluding carboxylic acids is 2. The molecule has 0 spiro atoms. The molecule has 1 fully saturated rings. The van der Waals surface area contributed by atoms with Gasteiger partial charge in [-0.3, -0.25) is 4.79 Å². The molecule has 1 saturated carbocycles. The summed E-state index contributed by atoms with van der Waals surface area (Å²) >= 11 is 6.02. The maximum atomic E-state index is 13.0. The van der Waals surface area contributed by atoms with Crippen LogP contribution in [-0.4, -0.2) is 30.2 Å². The molecule has 1 N–H and O–H groups in total. The maximum Gasteiger partial charge on any atom is 0.341 e. The lowest BCUT2D eigenvalue weighted by molar-refractivity contribution is -0.124. The first-order valence-electron chi connectivity index (χ1n) is 10.3. The Morgan fingerprint density at radius 1 is 1.23 bits per heavy atom. The average Bonchev–Trinajstić information content (AvgIpc) is 3.54. The summed E-state index contributed by atoms with van der Waals surface area (Å²) in [5.41, 5.74) is 3.19. The van der Waals surface area contributed by atoms with Crippen molar-refractivity contribution in [3.63, 3.8) is 0 Å². The van der Waals surface area contributed by atoms with Gasteiger partial charge in [-0.15, -0.1) is 0 Å². The van der Waals surface area contributed by atoms with E-state index in [1.807, 2.05) is 44.2 Å². The van der Waals surface area contributed by atoms with Gasteiger partial charge < -0.3 is 19.4 Å². The van der Waals surface area contributed by atoms with Gasteiger partial charge in [0.25, 0.3) is 5.91 Å². The molecule has 6 nitrogen and oxygen atoms in total. The van der Waals surface area contributed by atoms with Crippen molar-refractivity contribution in [2.75, 3.05) is 13.7 Å². The topological polar surface area (TPSA) is 69.6 Å². The fourth-order valence-electron chi connectivity index (χ4n) is 3.96. The highest BCUT2D eigenvalue weighted by Gasteiger charge is 2.31. The number of hydrogen-bond acceptors (Lipinski definition) is 4. The van der Waals surface area contributed by atoms with Crippen molar-refractivity contribution < 1.29 is 19.1 Å². The molecule has 3 aromatic rings. The zero-order chi connectivity index (χ0) is 22.1. The average molecular weight is 441 g/mol. The van der Waals surface area contributed by atoms with E-state index in [1.165, 1.54) is 0 Å². The van der Waals surface area contributed by atoms with Crippen molar-refractivity contribution >= 4 is 34.4 Å². The Balaban J connectivity index is 1.49. The molecule has 0 radical (unpaired) electrons. The van der Waals surface area contributed by atoms with E-state index in [1.54, 1.807) is 19.2 Å². The Kier molecular flexibility index (Phi) is 5.92. The van der Waals surface area contributed by atoms with Crippen LogP contribution in [0.1, 0.15) is 53.5 Å². The number of halogens is 1. The summed E-state index contributed by atoms with van der Waals surface area (Å²) in [5, 5.41) is 4.21. The molecule has 1 aliphatic rings. The van der Waals surface area contributed by atoms with Gasteiger partial charge in [-0.05, 0) is 62.6 Å². The van der Waals surface area contributed by atoms with Crippen LogP contribution in [0.15, 0.2) is 42.5 Å². The number of nitrogens with one attached hydrogen (secondary N) is 1. The maximum absolute atomic E-state index is 13.0. The highest BCUT2D eigenvalue weighted by molar-refractivity contribution is 6.30. The van der Waals surface area contributed by atoms with Crippen molar-refractivity contribution in [2.24, 2.45) is 0 Å². The minimum atomic E-state index is -0.513. The normalized spacial score (nSPS) is 14.3. The predicted octanol–water partition coefficient (Wildman–Crippen LogP) is 4.98. The number of rotatable bonds is 7. The van der Waals surface area contributed by atoms with Crippen LogP contribution in [0.5, 0.6) is 5.75 Å². The smallest absolute Gasteiger partial charge is 0.341 e. The van der Waals surface area contributed by atoms with Gasteiger partial charge in [0, 0.05) is 27.7 Å². The molecule has 162 valence electrons. The molecule has 0 aliphatic heterocycles. The second-order valence-corrected chi connectivity index (χ2v) is 8.30. The Bertz CT molecular complexity index is 1150. The Morgan fingerprint density at radius 3 is 2.68 bits per heavy atom. The highest BCUT2D eigenvalue weighted by atomic mass is 35.5. The van der Waals surface area contributed by atoms with Crippen LogP contribution in [0.4, 0.5) is 0 Å². The fraction of sp³-hybridized carbons (Fsp3) is 0.333. The third-order valence-corrected chi connectivity index (χ3v) is 5.87. The molecular formula is C24H25ClN2O4. The van der Waals surface area contributed by atoms with E-state index in [9.17, 15) is 9.59 Å². The van der Waals surface area contributed by atoms with Gasteiger partial charge in [0.2, 0.25) is 0 Å². The fourth-order valence-corrected chi connectivity index (χ4v) is 4.15. The molecule has 31 heavy (non-hydrogen) atoms. The lowest BCUT2D eigenvalue weighted by atomic mass is 10.1. The van der Waals surface area contributed by atoms with Gasteiger partial charge in [0.1, 0.15) is 5.75 Å². The van der Waals surface area contributed by atoms with Gasteiger partial charge >= 0.3 is 5.97 Å². The summed E-state index contributed by atoms with van der Waals surface area (Å²) in [6.45, 7) is 3.41. The van der Waals surface area contributed by atoms with Gasteiger partial charge in [0.15, 0.2) is 6.61 Å². The first-order valence-corrected chi connectivity index (χ1v) is 10.7. The molecule has 1 aliphatic carbocycles. The SMILES string of the molecule is COc1ccc2c(c1)c(C(=O)OCC(=O)NC(C)c1cccc(Cl)c1)c(C)n2C1CC1. The molecule has 2 aromatic carbocycles. The van der Waals surface area contributed by atoms with Crippen LogP contribution in [0.3, 0.4) is 0 Å². The largest absolute Gasteiger partial charge is 0.497 e. The van der Waals surface area contributed by atoms with Crippen molar-refractivity contribution in [1.82, 2.24) is 9.88 Å². The zero-order valence-electron chi connectivity index (χ0n) is 17.8. The van der Waals surface area contributed by atoms with Crippen LogP contribution in [0.25, 0.3) is 10.9 Å². The van der Waals surface area contributed by atoms with Crippen LogP contribution < -0.4 is 10.1 Å². The molecular weight excluding hydrogens is 416 g/mol. The number of nitrogens with zero attached hydrogens (tertiary/aromatic N) is 1. The Morgan fingerprint density at radius 2 is 2.00 bits per heavy atom. The molecule has 0 saturated heterocycles. The van der Waals surface area contributed by atoms with Crippen molar-refractivity contribution in [3.8, 4) is 5.75 Å². The number of fused-ring (bicyclic) bond motifs is 1. The van der Waals surface area contributed by atoms with E-state index in [4.69, 9.17) is 21.1 Å². The number of esters is 1. The molecule has 1 aromatic heterocycles. The van der Waals surface area contributed by atoms with Gasteiger partial charge in [-0.1, -0.05) is 23.7 Å². The number of hydrogen-bond donors (Lipinski definition) is 1. The standard InChI is InChI=1S/C24H25ClN2O4/c1-14(16-5-4-6-17(25)11-16)26-22(28)13-31-24(29)23-15(2)27(18-7-8-18)21-10-9-19(30-3)12-20(21)23/h4-6,9-12,14,18H,7-8,13H2,1-3H3,(H,26,28). The van der Waals surface area contributed by atoms with E-state index in [2.05, 4.69) is 9.88 Å². The first kappa shape index (κ1) is 21.2. The van der Waals surface area contributed by atoms with E-state index < -0.39 is 5.97 Å². The summed E-state index contributed by atoms with van der Waals surface area (Å²) in [6, 6.07) is 13.1. The predicted molar refractivity (Wildman–Crippen MR) is 120 cm³/mol. The lowest BCUT2D eigenvalue weighted by Crippen LogP contribution is -2.31.